The molecular weight excluding hydrogens is 368 g/mol. The summed E-state index contributed by atoms with van der Waals surface area (Å²) in [6.07, 6.45) is 3.14. The van der Waals surface area contributed by atoms with Crippen molar-refractivity contribution in [3.8, 4) is 17.9 Å². The van der Waals surface area contributed by atoms with Gasteiger partial charge in [0, 0.05) is 23.0 Å². The van der Waals surface area contributed by atoms with Gasteiger partial charge in [0.05, 0.1) is 18.6 Å². The second kappa shape index (κ2) is 7.12. The molecule has 0 fully saturated rings. The van der Waals surface area contributed by atoms with Gasteiger partial charge in [-0.15, -0.1) is 10.2 Å². The largest absolute Gasteiger partial charge is 0.398 e. The van der Waals surface area contributed by atoms with Crippen LogP contribution >= 0.6 is 0 Å². The smallest absolute Gasteiger partial charge is 0.389 e. The van der Waals surface area contributed by atoms with Gasteiger partial charge in [-0.05, 0) is 41.2 Å². The molecule has 0 bridgehead atoms. The third kappa shape index (κ3) is 3.71. The number of anilines is 1. The second-order valence-corrected chi connectivity index (χ2v) is 6.13. The summed E-state index contributed by atoms with van der Waals surface area (Å²) in [4.78, 5) is 16.6. The number of fused-ring (bicyclic) bond motifs is 1. The minimum absolute atomic E-state index is 0.282. The molecule has 1 aromatic carbocycles. The lowest BCUT2D eigenvalue weighted by Gasteiger charge is -2.02. The van der Waals surface area contributed by atoms with Crippen LogP contribution in [0.3, 0.4) is 0 Å². The van der Waals surface area contributed by atoms with Gasteiger partial charge in [0.2, 0.25) is 5.82 Å². The predicted molar refractivity (Wildman–Crippen MR) is 108 cm³/mol. The molecule has 9 heteroatoms. The Morgan fingerprint density at radius 2 is 2.03 bits per heavy atom. The Labute approximate surface area is 165 Å². The zero-order valence-electron chi connectivity index (χ0n) is 15.2. The first-order chi connectivity index (χ1) is 14.0. The van der Waals surface area contributed by atoms with Crippen LogP contribution in [0.15, 0.2) is 41.5 Å². The van der Waals surface area contributed by atoms with Crippen molar-refractivity contribution >= 4 is 35.1 Å². The van der Waals surface area contributed by atoms with E-state index in [0.29, 0.717) is 40.0 Å². The van der Waals surface area contributed by atoms with E-state index < -0.39 is 5.91 Å². The van der Waals surface area contributed by atoms with E-state index in [0.717, 1.165) is 0 Å². The van der Waals surface area contributed by atoms with E-state index in [1.807, 2.05) is 6.07 Å². The number of amidine groups is 2. The fraction of sp³-hybridized carbons (Fsp3) is 0.0500. The third-order valence-electron chi connectivity index (χ3n) is 3.97. The van der Waals surface area contributed by atoms with Crippen molar-refractivity contribution in [1.82, 2.24) is 24.6 Å². The van der Waals surface area contributed by atoms with Crippen LogP contribution in [0.4, 0.5) is 5.69 Å². The maximum Gasteiger partial charge on any atom is 0.389 e. The van der Waals surface area contributed by atoms with E-state index in [1.54, 1.807) is 41.8 Å². The van der Waals surface area contributed by atoms with Gasteiger partial charge in [-0.2, -0.15) is 5.26 Å². The maximum absolute atomic E-state index is 12.5. The summed E-state index contributed by atoms with van der Waals surface area (Å²) >= 11 is 0. The number of nitrogens with two attached hydrogens (primary N) is 1. The number of carbonyl (C=O) groups is 1. The molecule has 1 amide bonds. The summed E-state index contributed by atoms with van der Waals surface area (Å²) in [6, 6.07) is 10.2. The summed E-state index contributed by atoms with van der Waals surface area (Å²) < 4.78 is 5.65. The van der Waals surface area contributed by atoms with Gasteiger partial charge in [-0.1, -0.05) is 5.92 Å². The van der Waals surface area contributed by atoms with E-state index in [9.17, 15) is 10.1 Å². The number of nitriles is 1. The molecule has 29 heavy (non-hydrogen) atoms. The first-order valence-corrected chi connectivity index (χ1v) is 8.47. The van der Waals surface area contributed by atoms with E-state index >= 15 is 0 Å². The number of aliphatic imine (C=N–C) groups is 1. The summed E-state index contributed by atoms with van der Waals surface area (Å²) in [5.74, 6) is 6.70. The summed E-state index contributed by atoms with van der Waals surface area (Å²) in [5.41, 5.74) is 8.04. The Hall–Kier alpha value is -4.72. The van der Waals surface area contributed by atoms with Crippen molar-refractivity contribution in [1.29, 1.82) is 5.26 Å². The van der Waals surface area contributed by atoms with Crippen molar-refractivity contribution in [2.45, 2.75) is 6.92 Å². The number of nitrogen functional groups attached to an aromatic ring is 1. The van der Waals surface area contributed by atoms with Crippen molar-refractivity contribution in [3.05, 3.63) is 59.0 Å². The van der Waals surface area contributed by atoms with Gasteiger partial charge in [0.1, 0.15) is 0 Å². The first-order valence-electron chi connectivity index (χ1n) is 8.47. The lowest BCUT2D eigenvalue weighted by atomic mass is 10.1. The molecule has 4 rings (SSSR count). The molecule has 0 atom stereocenters. The number of carbonyl (C=O) groups excluding carboxylic acids is 1. The van der Waals surface area contributed by atoms with Crippen LogP contribution in [-0.4, -0.2) is 38.4 Å². The minimum atomic E-state index is -0.411. The fourth-order valence-electron chi connectivity index (χ4n) is 2.65. The highest BCUT2D eigenvalue weighted by Crippen LogP contribution is 2.11. The average molecular weight is 381 g/mol. The molecular formula is C20H13N8O+. The van der Waals surface area contributed by atoms with Gasteiger partial charge < -0.3 is 5.73 Å². The SMILES string of the molecule is CC1=[N+]=CC(NC(=O)c2cc(C#N)cc(C#Cc3nnc4ccc(N)cn34)c2)=N1. The number of aromatic nitrogens is 3. The van der Waals surface area contributed by atoms with E-state index in [-0.39, 0.29) is 5.56 Å². The van der Waals surface area contributed by atoms with Crippen molar-refractivity contribution in [2.75, 3.05) is 5.73 Å². The van der Waals surface area contributed by atoms with Gasteiger partial charge in [-0.3, -0.25) is 14.5 Å². The summed E-state index contributed by atoms with van der Waals surface area (Å²) in [7, 11) is 0. The first kappa shape index (κ1) is 17.7. The number of pyridine rings is 1. The lowest BCUT2D eigenvalue weighted by Crippen LogP contribution is -2.31. The molecule has 1 aliphatic rings. The number of hydrogen-bond acceptors (Lipinski definition) is 6. The summed E-state index contributed by atoms with van der Waals surface area (Å²) in [6.45, 7) is 1.72. The molecule has 3 heterocycles. The lowest BCUT2D eigenvalue weighted by molar-refractivity contribution is 0.0977. The monoisotopic (exact) mass is 381 g/mol. The second-order valence-electron chi connectivity index (χ2n) is 6.13. The van der Waals surface area contributed by atoms with Gasteiger partial charge in [-0.25, -0.2) is 4.67 Å². The molecule has 0 aliphatic carbocycles. The quantitative estimate of drug-likeness (QED) is 0.461. The highest BCUT2D eigenvalue weighted by atomic mass is 16.1. The topological polar surface area (TPSA) is 136 Å². The van der Waals surface area contributed by atoms with Crippen LogP contribution < -0.4 is 15.7 Å². The Balaban J connectivity index is 1.66. The zero-order valence-corrected chi connectivity index (χ0v) is 15.2. The standard InChI is InChI=1S/C20H12N8O/c1-12-23-10-17(24-12)25-20(29)15-7-13(6-14(8-15)9-21)2-4-18-26-27-19-5-3-16(22)11-28(18)19/h3,5-8,10-11H,22H2,1H3/p+1. The Kier molecular flexibility index (Phi) is 4.34. The number of rotatable bonds is 1. The van der Waals surface area contributed by atoms with Crippen LogP contribution in [0.1, 0.15) is 34.2 Å². The number of nitrogens with one attached hydrogen (secondary N) is 1. The predicted octanol–water partition coefficient (Wildman–Crippen LogP) is 0.281. The fourth-order valence-corrected chi connectivity index (χ4v) is 2.65. The van der Waals surface area contributed by atoms with Crippen LogP contribution in [-0.2, 0) is 0 Å². The van der Waals surface area contributed by atoms with Crippen molar-refractivity contribution in [3.63, 3.8) is 0 Å². The van der Waals surface area contributed by atoms with E-state index in [1.165, 1.54) is 12.3 Å². The Morgan fingerprint density at radius 3 is 2.79 bits per heavy atom. The Morgan fingerprint density at radius 1 is 1.21 bits per heavy atom. The van der Waals surface area contributed by atoms with Crippen LogP contribution in [0.25, 0.3) is 5.65 Å². The molecule has 0 saturated carbocycles. The maximum atomic E-state index is 12.5. The van der Waals surface area contributed by atoms with Gasteiger partial charge in [0.15, 0.2) is 5.65 Å². The molecule has 9 nitrogen and oxygen atoms in total. The van der Waals surface area contributed by atoms with Crippen LogP contribution in [0, 0.1) is 23.2 Å². The molecule has 0 unspecified atom stereocenters. The number of hydrogen-bond donors (Lipinski definition) is 2. The highest BCUT2D eigenvalue weighted by molar-refractivity contribution is 6.37. The molecule has 2 aromatic heterocycles. The van der Waals surface area contributed by atoms with E-state index in [4.69, 9.17) is 5.73 Å². The van der Waals surface area contributed by atoms with Gasteiger partial charge >= 0.3 is 11.7 Å². The third-order valence-corrected chi connectivity index (χ3v) is 3.97. The Bertz CT molecular complexity index is 1370. The molecule has 0 radical (unpaired) electrons. The van der Waals surface area contributed by atoms with Gasteiger partial charge in [0.25, 0.3) is 12.1 Å². The molecule has 0 spiro atoms. The molecule has 3 N–H and O–H groups in total. The number of benzene rings is 1. The van der Waals surface area contributed by atoms with E-state index in [2.05, 4.69) is 37.0 Å². The number of nitrogens with zero attached hydrogens (tertiary/aromatic N) is 6. The van der Waals surface area contributed by atoms with Crippen molar-refractivity contribution in [2.24, 2.45) is 4.99 Å². The highest BCUT2D eigenvalue weighted by Gasteiger charge is 2.19. The molecule has 0 saturated heterocycles. The zero-order chi connectivity index (χ0) is 20.4. The van der Waals surface area contributed by atoms with Crippen LogP contribution in [0.2, 0.25) is 0 Å². The average Bonchev–Trinajstić information content (AvgIpc) is 3.31. The molecule has 1 aliphatic heterocycles. The van der Waals surface area contributed by atoms with Crippen LogP contribution in [0.5, 0.6) is 0 Å². The minimum Gasteiger partial charge on any atom is -0.398 e. The summed E-state index contributed by atoms with van der Waals surface area (Å²) in [5, 5.41) is 20.0. The molecule has 3 aromatic rings. The van der Waals surface area contributed by atoms with Crippen molar-refractivity contribution < 1.29 is 4.79 Å². The molecule has 138 valence electrons. The normalized spacial score (nSPS) is 12.0. The number of amides is 1.